The second-order valence-corrected chi connectivity index (χ2v) is 5.74. The third-order valence-corrected chi connectivity index (χ3v) is 3.85. The van der Waals surface area contributed by atoms with Gasteiger partial charge in [-0.25, -0.2) is 0 Å². The number of carbonyl (C=O) groups is 1. The molecule has 0 saturated heterocycles. The molecule has 24 heavy (non-hydrogen) atoms. The smallest absolute Gasteiger partial charge is 0.273 e. The van der Waals surface area contributed by atoms with E-state index >= 15 is 0 Å². The number of aryl methyl sites for hydroxylation is 3. The van der Waals surface area contributed by atoms with Crippen molar-refractivity contribution in [1.82, 2.24) is 10.5 Å². The third-order valence-electron chi connectivity index (χ3n) is 3.85. The van der Waals surface area contributed by atoms with Crippen LogP contribution in [-0.4, -0.2) is 17.6 Å². The fourth-order valence-corrected chi connectivity index (χ4v) is 2.62. The van der Waals surface area contributed by atoms with Gasteiger partial charge in [-0.15, -0.1) is 0 Å². The van der Waals surface area contributed by atoms with Crippen molar-refractivity contribution in [2.45, 2.75) is 26.7 Å². The first-order valence-electron chi connectivity index (χ1n) is 8.00. The number of aromatic nitrogens is 1. The first kappa shape index (κ1) is 16.1. The van der Waals surface area contributed by atoms with Crippen molar-refractivity contribution in [1.29, 1.82) is 0 Å². The highest BCUT2D eigenvalue weighted by Crippen LogP contribution is 2.19. The third kappa shape index (κ3) is 3.74. The number of rotatable bonds is 6. The molecule has 1 amide bonds. The van der Waals surface area contributed by atoms with Crippen LogP contribution in [0.15, 0.2) is 51.4 Å². The summed E-state index contributed by atoms with van der Waals surface area (Å²) in [4.78, 5) is 12.1. The SMILES string of the molecule is Cc1cc(CCCNC(=O)c2cc(-c3ccccc3)on2)c(C)o1. The molecule has 0 aliphatic carbocycles. The van der Waals surface area contributed by atoms with Gasteiger partial charge in [-0.3, -0.25) is 4.79 Å². The largest absolute Gasteiger partial charge is 0.466 e. The molecule has 1 aromatic carbocycles. The van der Waals surface area contributed by atoms with Crippen LogP contribution in [0, 0.1) is 13.8 Å². The summed E-state index contributed by atoms with van der Waals surface area (Å²) < 4.78 is 10.7. The summed E-state index contributed by atoms with van der Waals surface area (Å²) >= 11 is 0. The Hall–Kier alpha value is -2.82. The molecule has 0 aliphatic rings. The zero-order valence-electron chi connectivity index (χ0n) is 13.8. The van der Waals surface area contributed by atoms with Crippen molar-refractivity contribution in [2.75, 3.05) is 6.54 Å². The Morgan fingerprint density at radius 1 is 1.17 bits per heavy atom. The van der Waals surface area contributed by atoms with Gasteiger partial charge in [0, 0.05) is 18.2 Å². The molecule has 0 fully saturated rings. The number of carbonyl (C=O) groups excluding carboxylic acids is 1. The van der Waals surface area contributed by atoms with E-state index in [1.165, 1.54) is 5.56 Å². The average molecular weight is 324 g/mol. The Bertz CT molecular complexity index is 818. The van der Waals surface area contributed by atoms with Crippen LogP contribution in [0.1, 0.15) is 34.0 Å². The Balaban J connectivity index is 1.51. The minimum atomic E-state index is -0.221. The lowest BCUT2D eigenvalue weighted by Crippen LogP contribution is -2.25. The van der Waals surface area contributed by atoms with Gasteiger partial charge in [0.1, 0.15) is 11.5 Å². The molecule has 0 atom stereocenters. The fourth-order valence-electron chi connectivity index (χ4n) is 2.62. The van der Waals surface area contributed by atoms with Crippen LogP contribution in [0.3, 0.4) is 0 Å². The molecule has 0 saturated carbocycles. The zero-order valence-corrected chi connectivity index (χ0v) is 13.8. The van der Waals surface area contributed by atoms with Crippen LogP contribution in [0.2, 0.25) is 0 Å². The van der Waals surface area contributed by atoms with Gasteiger partial charge >= 0.3 is 0 Å². The first-order chi connectivity index (χ1) is 11.6. The molecular weight excluding hydrogens is 304 g/mol. The van der Waals surface area contributed by atoms with Crippen molar-refractivity contribution < 1.29 is 13.7 Å². The molecule has 0 bridgehead atoms. The maximum atomic E-state index is 12.1. The molecule has 3 rings (SSSR count). The molecule has 124 valence electrons. The highest BCUT2D eigenvalue weighted by molar-refractivity contribution is 5.93. The second-order valence-electron chi connectivity index (χ2n) is 5.74. The molecule has 5 heteroatoms. The number of nitrogens with one attached hydrogen (secondary N) is 1. The van der Waals surface area contributed by atoms with Gasteiger partial charge in [-0.1, -0.05) is 35.5 Å². The number of furan rings is 1. The van der Waals surface area contributed by atoms with E-state index in [4.69, 9.17) is 8.94 Å². The normalized spacial score (nSPS) is 10.8. The molecular formula is C19H20N2O3. The maximum Gasteiger partial charge on any atom is 0.273 e. The second kappa shape index (κ2) is 7.17. The van der Waals surface area contributed by atoms with Crippen molar-refractivity contribution in [3.8, 4) is 11.3 Å². The van der Waals surface area contributed by atoms with Crippen LogP contribution >= 0.6 is 0 Å². The van der Waals surface area contributed by atoms with Crippen LogP contribution in [0.4, 0.5) is 0 Å². The number of nitrogens with zero attached hydrogens (tertiary/aromatic N) is 1. The summed E-state index contributed by atoms with van der Waals surface area (Å²) in [5.41, 5.74) is 2.38. The van der Waals surface area contributed by atoms with Gasteiger partial charge in [0.05, 0.1) is 0 Å². The lowest BCUT2D eigenvalue weighted by molar-refractivity contribution is 0.0944. The predicted octanol–water partition coefficient (Wildman–Crippen LogP) is 3.91. The van der Waals surface area contributed by atoms with E-state index < -0.39 is 0 Å². The lowest BCUT2D eigenvalue weighted by atomic mass is 10.1. The monoisotopic (exact) mass is 324 g/mol. The van der Waals surface area contributed by atoms with E-state index in [9.17, 15) is 4.79 Å². The van der Waals surface area contributed by atoms with E-state index in [0.29, 0.717) is 18.0 Å². The maximum absolute atomic E-state index is 12.1. The minimum Gasteiger partial charge on any atom is -0.466 e. The summed E-state index contributed by atoms with van der Waals surface area (Å²) in [6, 6.07) is 13.3. The summed E-state index contributed by atoms with van der Waals surface area (Å²) in [7, 11) is 0. The van der Waals surface area contributed by atoms with Gasteiger partial charge in [0.15, 0.2) is 11.5 Å². The quantitative estimate of drug-likeness (QED) is 0.698. The number of hydrogen-bond donors (Lipinski definition) is 1. The standard InChI is InChI=1S/C19H20N2O3/c1-13-11-16(14(2)23-13)9-6-10-20-19(22)17-12-18(24-21-17)15-7-4-3-5-8-15/h3-5,7-8,11-12H,6,9-10H2,1-2H3,(H,20,22). The van der Waals surface area contributed by atoms with Gasteiger partial charge in [0.25, 0.3) is 5.91 Å². The number of benzene rings is 1. The Labute approximate surface area is 140 Å². The van der Waals surface area contributed by atoms with Gasteiger partial charge in [-0.05, 0) is 38.3 Å². The van der Waals surface area contributed by atoms with Crippen LogP contribution in [0.5, 0.6) is 0 Å². The van der Waals surface area contributed by atoms with E-state index in [2.05, 4.69) is 10.5 Å². The van der Waals surface area contributed by atoms with Gasteiger partial charge < -0.3 is 14.3 Å². The Morgan fingerprint density at radius 2 is 1.96 bits per heavy atom. The summed E-state index contributed by atoms with van der Waals surface area (Å²) in [6.45, 7) is 4.48. The van der Waals surface area contributed by atoms with Crippen molar-refractivity contribution in [2.24, 2.45) is 0 Å². The highest BCUT2D eigenvalue weighted by atomic mass is 16.5. The lowest BCUT2D eigenvalue weighted by Gasteiger charge is -2.02. The minimum absolute atomic E-state index is 0.221. The van der Waals surface area contributed by atoms with Crippen molar-refractivity contribution >= 4 is 5.91 Å². The van der Waals surface area contributed by atoms with Gasteiger partial charge in [-0.2, -0.15) is 0 Å². The molecule has 0 aliphatic heterocycles. The van der Waals surface area contributed by atoms with Crippen molar-refractivity contribution in [3.05, 3.63) is 65.2 Å². The Morgan fingerprint density at radius 3 is 2.67 bits per heavy atom. The van der Waals surface area contributed by atoms with Crippen LogP contribution in [0.25, 0.3) is 11.3 Å². The summed E-state index contributed by atoms with van der Waals surface area (Å²) in [6.07, 6.45) is 1.71. The molecule has 2 heterocycles. The van der Waals surface area contributed by atoms with E-state index in [-0.39, 0.29) is 5.91 Å². The molecule has 0 radical (unpaired) electrons. The van der Waals surface area contributed by atoms with Gasteiger partial charge in [0.2, 0.25) is 0 Å². The van der Waals surface area contributed by atoms with Crippen LogP contribution < -0.4 is 5.32 Å². The van der Waals surface area contributed by atoms with E-state index in [0.717, 1.165) is 29.9 Å². The van der Waals surface area contributed by atoms with E-state index in [1.54, 1.807) is 6.07 Å². The molecule has 0 spiro atoms. The zero-order chi connectivity index (χ0) is 16.9. The molecule has 0 unspecified atom stereocenters. The molecule has 1 N–H and O–H groups in total. The topological polar surface area (TPSA) is 68.3 Å². The Kier molecular flexibility index (Phi) is 4.79. The first-order valence-corrected chi connectivity index (χ1v) is 8.00. The highest BCUT2D eigenvalue weighted by Gasteiger charge is 2.13. The number of amides is 1. The average Bonchev–Trinajstić information content (AvgIpc) is 3.19. The molecule has 3 aromatic rings. The summed E-state index contributed by atoms with van der Waals surface area (Å²) in [5.74, 6) is 2.23. The van der Waals surface area contributed by atoms with E-state index in [1.807, 2.05) is 50.2 Å². The number of hydrogen-bond acceptors (Lipinski definition) is 4. The fraction of sp³-hybridized carbons (Fsp3) is 0.263. The van der Waals surface area contributed by atoms with Crippen LogP contribution in [-0.2, 0) is 6.42 Å². The summed E-state index contributed by atoms with van der Waals surface area (Å²) in [5, 5.41) is 6.71. The van der Waals surface area contributed by atoms with Crippen molar-refractivity contribution in [3.63, 3.8) is 0 Å². The predicted molar refractivity (Wildman–Crippen MR) is 90.8 cm³/mol. The molecule has 2 aromatic heterocycles. The molecule has 5 nitrogen and oxygen atoms in total.